The lowest BCUT2D eigenvalue weighted by atomic mass is 9.42. The number of fused-ring (bicyclic) bond motifs is 5. The van der Waals surface area contributed by atoms with Crippen molar-refractivity contribution in [2.75, 3.05) is 0 Å². The molecule has 0 saturated heterocycles. The van der Waals surface area contributed by atoms with Crippen molar-refractivity contribution in [1.82, 2.24) is 5.32 Å². The summed E-state index contributed by atoms with van der Waals surface area (Å²) in [7, 11) is 0. The monoisotopic (exact) mass is 511 g/mol. The van der Waals surface area contributed by atoms with Crippen molar-refractivity contribution in [3.8, 4) is 0 Å². The molecule has 37 heavy (non-hydrogen) atoms. The van der Waals surface area contributed by atoms with Crippen molar-refractivity contribution in [2.24, 2.45) is 40.4 Å². The number of carbonyl (C=O) groups excluding carboxylic acids is 2. The fraction of sp³-hybridized carbons (Fsp3) is 0.812. The Morgan fingerprint density at radius 3 is 2.65 bits per heavy atom. The third-order valence-corrected chi connectivity index (χ3v) is 11.6. The quantitative estimate of drug-likeness (QED) is 0.338. The fourth-order valence-electron chi connectivity index (χ4n) is 9.40. The Balaban J connectivity index is 1.11. The number of ketones is 1. The highest BCUT2D eigenvalue weighted by Crippen LogP contribution is 2.67. The lowest BCUT2D eigenvalue weighted by Crippen LogP contribution is -2.57. The van der Waals surface area contributed by atoms with Crippen LogP contribution in [-0.4, -0.2) is 22.9 Å². The van der Waals surface area contributed by atoms with E-state index in [9.17, 15) is 14.7 Å². The van der Waals surface area contributed by atoms with E-state index in [0.717, 1.165) is 62.5 Å². The molecule has 1 aromatic rings. The van der Waals surface area contributed by atoms with Crippen LogP contribution in [0, 0.1) is 40.4 Å². The molecule has 0 bridgehead atoms. The Kier molecular flexibility index (Phi) is 8.19. The van der Waals surface area contributed by atoms with E-state index in [1.807, 2.05) is 12.1 Å². The van der Waals surface area contributed by atoms with E-state index >= 15 is 0 Å². The zero-order chi connectivity index (χ0) is 26.0. The van der Waals surface area contributed by atoms with Crippen molar-refractivity contribution < 1.29 is 19.1 Å². The van der Waals surface area contributed by atoms with Crippen molar-refractivity contribution in [3.05, 3.63) is 24.2 Å². The second kappa shape index (κ2) is 11.2. The number of Topliss-reactive ketones (excluding diaryl/α,β-unsaturated/α-hetero) is 1. The first-order valence-electron chi connectivity index (χ1n) is 15.3. The molecule has 4 fully saturated rings. The molecule has 2 N–H and O–H groups in total. The zero-order valence-electron chi connectivity index (χ0n) is 23.2. The summed E-state index contributed by atoms with van der Waals surface area (Å²) in [4.78, 5) is 24.5. The highest BCUT2D eigenvalue weighted by molar-refractivity contribution is 5.79. The van der Waals surface area contributed by atoms with Crippen molar-refractivity contribution in [2.45, 2.75) is 123 Å². The SMILES string of the molecule is C[C@]12CCC(=O)C[C@@H]1C[C@@H](CCCCCCCC(=O)NCc1ccco1)[C@@H]1[C@@H]2CC[C@]2(C)[C@@H](O)CC[C@@H]12. The van der Waals surface area contributed by atoms with Gasteiger partial charge in [-0.3, -0.25) is 9.59 Å². The molecular weight excluding hydrogens is 462 g/mol. The van der Waals surface area contributed by atoms with Gasteiger partial charge < -0.3 is 14.8 Å². The maximum Gasteiger partial charge on any atom is 0.220 e. The standard InChI is InChI=1S/C32H49NO4/c1-31-16-14-24(34)20-23(31)19-22(30-26-12-13-28(35)32(26,2)17-15-27(30)31)9-6-4-3-5-7-11-29(36)33-21-25-10-8-18-37-25/h8,10,18,22-23,26-28,30,35H,3-7,9,11-17,19-21H2,1-2H3,(H,33,36)/t22-,23+,26+,27+,28+,30+,31+,32+/m1/s1. The van der Waals surface area contributed by atoms with E-state index < -0.39 is 0 Å². The van der Waals surface area contributed by atoms with Crippen LogP contribution in [0.5, 0.6) is 0 Å². The number of nitrogens with one attached hydrogen (secondary N) is 1. The van der Waals surface area contributed by atoms with Crippen LogP contribution in [0.15, 0.2) is 22.8 Å². The number of rotatable bonds is 10. The number of carbonyl (C=O) groups is 2. The minimum absolute atomic E-state index is 0.102. The van der Waals surface area contributed by atoms with Gasteiger partial charge in [-0.2, -0.15) is 0 Å². The van der Waals surface area contributed by atoms with E-state index in [-0.39, 0.29) is 17.4 Å². The lowest BCUT2D eigenvalue weighted by Gasteiger charge is -2.62. The molecule has 0 aliphatic heterocycles. The molecule has 5 rings (SSSR count). The van der Waals surface area contributed by atoms with Gasteiger partial charge in [-0.25, -0.2) is 0 Å². The van der Waals surface area contributed by atoms with Crippen LogP contribution in [-0.2, 0) is 16.1 Å². The van der Waals surface area contributed by atoms with Crippen LogP contribution < -0.4 is 5.32 Å². The van der Waals surface area contributed by atoms with E-state index in [1.54, 1.807) is 6.26 Å². The maximum absolute atomic E-state index is 12.4. The molecule has 5 heteroatoms. The number of aliphatic hydroxyl groups excluding tert-OH is 1. The average Bonchev–Trinajstić information content (AvgIpc) is 3.50. The summed E-state index contributed by atoms with van der Waals surface area (Å²) < 4.78 is 5.27. The Hall–Kier alpha value is -1.62. The molecule has 4 aliphatic carbocycles. The van der Waals surface area contributed by atoms with Crippen LogP contribution >= 0.6 is 0 Å². The molecule has 4 saturated carbocycles. The summed E-state index contributed by atoms with van der Waals surface area (Å²) in [5, 5.41) is 13.9. The third-order valence-electron chi connectivity index (χ3n) is 11.6. The number of hydrogen-bond donors (Lipinski definition) is 2. The highest BCUT2D eigenvalue weighted by Gasteiger charge is 2.62. The van der Waals surface area contributed by atoms with Crippen molar-refractivity contribution in [3.63, 3.8) is 0 Å². The van der Waals surface area contributed by atoms with Gasteiger partial charge in [0.15, 0.2) is 0 Å². The van der Waals surface area contributed by atoms with E-state index in [1.165, 1.54) is 44.9 Å². The first kappa shape index (κ1) is 27.0. The summed E-state index contributed by atoms with van der Waals surface area (Å²) in [5.41, 5.74) is 0.423. The van der Waals surface area contributed by atoms with Crippen LogP contribution in [0.1, 0.15) is 116 Å². The number of aliphatic hydroxyl groups is 1. The van der Waals surface area contributed by atoms with Crippen LogP contribution in [0.3, 0.4) is 0 Å². The largest absolute Gasteiger partial charge is 0.467 e. The van der Waals surface area contributed by atoms with Gasteiger partial charge in [0.1, 0.15) is 11.5 Å². The van der Waals surface area contributed by atoms with Crippen molar-refractivity contribution in [1.29, 1.82) is 0 Å². The smallest absolute Gasteiger partial charge is 0.220 e. The Morgan fingerprint density at radius 1 is 1.05 bits per heavy atom. The normalized spacial score (nSPS) is 39.1. The molecule has 1 heterocycles. The van der Waals surface area contributed by atoms with Crippen molar-refractivity contribution >= 4 is 11.7 Å². The molecule has 0 unspecified atom stereocenters. The topological polar surface area (TPSA) is 79.5 Å². The Morgan fingerprint density at radius 2 is 1.84 bits per heavy atom. The minimum atomic E-state index is -0.131. The number of furan rings is 1. The fourth-order valence-corrected chi connectivity index (χ4v) is 9.40. The molecule has 4 aliphatic rings. The van der Waals surface area contributed by atoms with Crippen LogP contribution in [0.2, 0.25) is 0 Å². The first-order valence-corrected chi connectivity index (χ1v) is 15.3. The van der Waals surface area contributed by atoms with E-state index in [0.29, 0.717) is 41.9 Å². The van der Waals surface area contributed by atoms with E-state index in [4.69, 9.17) is 4.42 Å². The van der Waals surface area contributed by atoms with Gasteiger partial charge in [-0.15, -0.1) is 0 Å². The van der Waals surface area contributed by atoms with E-state index in [2.05, 4.69) is 19.2 Å². The second-order valence-electron chi connectivity index (χ2n) is 13.5. The third kappa shape index (κ3) is 5.44. The number of hydrogen-bond acceptors (Lipinski definition) is 4. The van der Waals surface area contributed by atoms with Gasteiger partial charge in [0.2, 0.25) is 5.91 Å². The van der Waals surface area contributed by atoms with Gasteiger partial charge in [-0.05, 0) is 97.5 Å². The minimum Gasteiger partial charge on any atom is -0.467 e. The molecule has 0 radical (unpaired) electrons. The molecule has 5 nitrogen and oxygen atoms in total. The molecule has 1 aromatic heterocycles. The highest BCUT2D eigenvalue weighted by atomic mass is 16.3. The maximum atomic E-state index is 12.4. The number of amides is 1. The molecule has 0 aromatic carbocycles. The molecule has 1 amide bonds. The average molecular weight is 512 g/mol. The second-order valence-corrected chi connectivity index (χ2v) is 13.5. The summed E-state index contributed by atoms with van der Waals surface area (Å²) in [6.07, 6.45) is 17.6. The first-order chi connectivity index (χ1) is 17.8. The predicted octanol–water partition coefficient (Wildman–Crippen LogP) is 6.83. The molecular formula is C32H49NO4. The number of unbranched alkanes of at least 4 members (excludes halogenated alkanes) is 4. The van der Waals surface area contributed by atoms with Gasteiger partial charge >= 0.3 is 0 Å². The Bertz CT molecular complexity index is 927. The molecule has 206 valence electrons. The Labute approximate surface area is 223 Å². The summed E-state index contributed by atoms with van der Waals surface area (Å²) in [6.45, 7) is 5.38. The van der Waals surface area contributed by atoms with Gasteiger partial charge in [0, 0.05) is 19.3 Å². The predicted molar refractivity (Wildman–Crippen MR) is 144 cm³/mol. The van der Waals surface area contributed by atoms with Crippen LogP contribution in [0.4, 0.5) is 0 Å². The van der Waals surface area contributed by atoms with Gasteiger partial charge in [0.25, 0.3) is 0 Å². The summed E-state index contributed by atoms with van der Waals surface area (Å²) in [6, 6.07) is 3.72. The molecule has 0 spiro atoms. The van der Waals surface area contributed by atoms with Crippen LogP contribution in [0.25, 0.3) is 0 Å². The zero-order valence-corrected chi connectivity index (χ0v) is 23.2. The van der Waals surface area contributed by atoms with Gasteiger partial charge in [0.05, 0.1) is 18.9 Å². The lowest BCUT2D eigenvalue weighted by molar-refractivity contribution is -0.156. The summed E-state index contributed by atoms with van der Waals surface area (Å²) in [5.74, 6) is 4.77. The van der Waals surface area contributed by atoms with Gasteiger partial charge in [-0.1, -0.05) is 46.0 Å². The molecule has 8 atom stereocenters. The summed E-state index contributed by atoms with van der Waals surface area (Å²) >= 11 is 0.